The van der Waals surface area contributed by atoms with Crippen LogP contribution in [0.4, 0.5) is 0 Å². The van der Waals surface area contributed by atoms with E-state index in [1.54, 1.807) is 6.07 Å². The number of rotatable bonds is 3. The van der Waals surface area contributed by atoms with Gasteiger partial charge < -0.3 is 9.64 Å². The summed E-state index contributed by atoms with van der Waals surface area (Å²) in [6, 6.07) is 4.92. The van der Waals surface area contributed by atoms with Gasteiger partial charge in [0.1, 0.15) is 4.90 Å². The Morgan fingerprint density at radius 1 is 1.04 bits per heavy atom. The highest BCUT2D eigenvalue weighted by Gasteiger charge is 2.36. The van der Waals surface area contributed by atoms with Crippen molar-refractivity contribution in [3.63, 3.8) is 0 Å². The number of nitrogens with zero attached hydrogens (tertiary/aromatic N) is 2. The van der Waals surface area contributed by atoms with Gasteiger partial charge in [-0.2, -0.15) is 4.31 Å². The first-order valence-electron chi connectivity index (χ1n) is 10.2. The number of carbonyl (C=O) groups excluding carboxylic acids is 1. The van der Waals surface area contributed by atoms with Crippen LogP contribution in [-0.2, 0) is 14.8 Å². The number of morpholine rings is 1. The number of hydrogen-bond acceptors (Lipinski definition) is 4. The average Bonchev–Trinajstić information content (AvgIpc) is 2.73. The molecule has 1 aromatic carbocycles. The number of fused-ring (bicyclic) bond motifs is 1. The number of sulfonamides is 1. The molecule has 28 heavy (non-hydrogen) atoms. The first kappa shape index (κ1) is 20.1. The van der Waals surface area contributed by atoms with Gasteiger partial charge >= 0.3 is 0 Å². The van der Waals surface area contributed by atoms with Crippen molar-refractivity contribution in [3.8, 4) is 0 Å². The Morgan fingerprint density at radius 3 is 2.54 bits per heavy atom. The van der Waals surface area contributed by atoms with E-state index in [2.05, 4.69) is 0 Å². The topological polar surface area (TPSA) is 66.9 Å². The molecule has 1 saturated carbocycles. The van der Waals surface area contributed by atoms with E-state index in [9.17, 15) is 13.2 Å². The Hall–Kier alpha value is -1.15. The van der Waals surface area contributed by atoms with E-state index in [4.69, 9.17) is 16.3 Å². The minimum Gasteiger partial charge on any atom is -0.379 e. The second-order valence-electron chi connectivity index (χ2n) is 7.91. The molecule has 1 aromatic rings. The number of amides is 1. The van der Waals surface area contributed by atoms with Crippen molar-refractivity contribution in [3.05, 3.63) is 28.8 Å². The predicted octanol–water partition coefficient (Wildman–Crippen LogP) is 3.16. The smallest absolute Gasteiger partial charge is 0.254 e. The number of piperidine rings is 1. The van der Waals surface area contributed by atoms with E-state index in [1.807, 2.05) is 4.90 Å². The van der Waals surface area contributed by atoms with E-state index >= 15 is 0 Å². The highest BCUT2D eigenvalue weighted by molar-refractivity contribution is 7.89. The van der Waals surface area contributed by atoms with Crippen LogP contribution in [-0.4, -0.2) is 62.4 Å². The van der Waals surface area contributed by atoms with Crippen LogP contribution in [0.3, 0.4) is 0 Å². The van der Waals surface area contributed by atoms with Crippen LogP contribution < -0.4 is 0 Å². The number of benzene rings is 1. The molecule has 0 N–H and O–H groups in total. The molecule has 0 spiro atoms. The Morgan fingerprint density at radius 2 is 1.75 bits per heavy atom. The molecule has 2 heterocycles. The molecule has 1 amide bonds. The Kier molecular flexibility index (Phi) is 5.97. The highest BCUT2D eigenvalue weighted by atomic mass is 35.5. The van der Waals surface area contributed by atoms with Crippen LogP contribution in [0.5, 0.6) is 0 Å². The Balaban J connectivity index is 1.62. The maximum atomic E-state index is 13.3. The fourth-order valence-corrected chi connectivity index (χ4v) is 6.71. The number of halogens is 1. The lowest BCUT2D eigenvalue weighted by Gasteiger charge is -2.44. The molecule has 3 aliphatic rings. The summed E-state index contributed by atoms with van der Waals surface area (Å²) in [6.07, 6.45) is 6.83. The van der Waals surface area contributed by atoms with Crippen molar-refractivity contribution < 1.29 is 17.9 Å². The van der Waals surface area contributed by atoms with Crippen LogP contribution in [0.15, 0.2) is 23.1 Å². The van der Waals surface area contributed by atoms with Gasteiger partial charge in [0.2, 0.25) is 10.0 Å². The molecule has 2 unspecified atom stereocenters. The standard InChI is InChI=1S/C20H27ClN2O4S/c21-17-8-7-16(14-19(17)28(25,26)22-10-12-27-13-11-22)20(24)23-9-3-5-15-4-1-2-6-18(15)23/h7-8,14-15,18H,1-6,9-13H2. The molecule has 154 valence electrons. The number of ether oxygens (including phenoxy) is 1. The lowest BCUT2D eigenvalue weighted by Crippen LogP contribution is -2.49. The normalized spacial score (nSPS) is 26.7. The Bertz CT molecular complexity index is 837. The number of hydrogen-bond donors (Lipinski definition) is 0. The molecule has 0 bridgehead atoms. The van der Waals surface area contributed by atoms with Gasteiger partial charge in [-0.05, 0) is 49.8 Å². The van der Waals surface area contributed by atoms with Crippen LogP contribution in [0.25, 0.3) is 0 Å². The summed E-state index contributed by atoms with van der Waals surface area (Å²) >= 11 is 6.24. The van der Waals surface area contributed by atoms with Gasteiger partial charge in [0.05, 0.1) is 18.2 Å². The molecule has 8 heteroatoms. The zero-order chi connectivity index (χ0) is 19.7. The molecule has 2 atom stereocenters. The van der Waals surface area contributed by atoms with Crippen molar-refractivity contribution in [1.82, 2.24) is 9.21 Å². The molecule has 0 radical (unpaired) electrons. The second-order valence-corrected chi connectivity index (χ2v) is 10.2. The quantitative estimate of drug-likeness (QED) is 0.744. The van der Waals surface area contributed by atoms with Gasteiger partial charge in [-0.25, -0.2) is 8.42 Å². The van der Waals surface area contributed by atoms with Gasteiger partial charge in [-0.1, -0.05) is 24.4 Å². The lowest BCUT2D eigenvalue weighted by molar-refractivity contribution is 0.0390. The summed E-state index contributed by atoms with van der Waals surface area (Å²) in [5, 5.41) is 0.150. The summed E-state index contributed by atoms with van der Waals surface area (Å²) in [7, 11) is -3.75. The highest BCUT2D eigenvalue weighted by Crippen LogP contribution is 2.36. The van der Waals surface area contributed by atoms with Gasteiger partial charge in [0.25, 0.3) is 5.91 Å². The van der Waals surface area contributed by atoms with E-state index < -0.39 is 10.0 Å². The zero-order valence-electron chi connectivity index (χ0n) is 16.0. The fraction of sp³-hybridized carbons (Fsp3) is 0.650. The van der Waals surface area contributed by atoms with Crippen LogP contribution in [0.2, 0.25) is 5.02 Å². The molecule has 6 nitrogen and oxygen atoms in total. The first-order chi connectivity index (χ1) is 13.5. The van der Waals surface area contributed by atoms with Crippen molar-refractivity contribution in [2.75, 3.05) is 32.8 Å². The number of likely N-dealkylation sites (tertiary alicyclic amines) is 1. The number of carbonyl (C=O) groups is 1. The summed E-state index contributed by atoms with van der Waals surface area (Å²) in [5.74, 6) is 0.502. The summed E-state index contributed by atoms with van der Waals surface area (Å²) in [4.78, 5) is 15.3. The Labute approximate surface area is 171 Å². The molecule has 2 aliphatic heterocycles. The van der Waals surface area contributed by atoms with Crippen LogP contribution in [0.1, 0.15) is 48.9 Å². The van der Waals surface area contributed by atoms with Crippen molar-refractivity contribution in [2.24, 2.45) is 5.92 Å². The van der Waals surface area contributed by atoms with E-state index in [-0.39, 0.29) is 21.9 Å². The summed E-state index contributed by atoms with van der Waals surface area (Å²) in [6.45, 7) is 2.08. The van der Waals surface area contributed by atoms with Crippen LogP contribution >= 0.6 is 11.6 Å². The maximum Gasteiger partial charge on any atom is 0.254 e. The minimum absolute atomic E-state index is 0.0131. The van der Waals surface area contributed by atoms with Gasteiger partial charge in [0, 0.05) is 31.2 Å². The van der Waals surface area contributed by atoms with E-state index in [1.165, 1.54) is 35.7 Å². The van der Waals surface area contributed by atoms with Gasteiger partial charge in [-0.15, -0.1) is 0 Å². The summed E-state index contributed by atoms with van der Waals surface area (Å²) in [5.41, 5.74) is 0.405. The van der Waals surface area contributed by atoms with Crippen LogP contribution in [0, 0.1) is 5.92 Å². The minimum atomic E-state index is -3.75. The van der Waals surface area contributed by atoms with Crippen molar-refractivity contribution in [1.29, 1.82) is 0 Å². The van der Waals surface area contributed by atoms with Crippen molar-refractivity contribution >= 4 is 27.5 Å². The molecule has 4 rings (SSSR count). The zero-order valence-corrected chi connectivity index (χ0v) is 17.6. The summed E-state index contributed by atoms with van der Waals surface area (Å²) < 4.78 is 32.7. The van der Waals surface area contributed by atoms with E-state index in [0.29, 0.717) is 37.8 Å². The molecular weight excluding hydrogens is 400 g/mol. The molecule has 0 aromatic heterocycles. The largest absolute Gasteiger partial charge is 0.379 e. The van der Waals surface area contributed by atoms with E-state index in [0.717, 1.165) is 25.8 Å². The maximum absolute atomic E-state index is 13.3. The lowest BCUT2D eigenvalue weighted by atomic mass is 9.78. The third-order valence-electron chi connectivity index (χ3n) is 6.27. The molecule has 2 saturated heterocycles. The third kappa shape index (κ3) is 3.82. The molecular formula is C20H27ClN2O4S. The van der Waals surface area contributed by atoms with Gasteiger partial charge in [0.15, 0.2) is 0 Å². The monoisotopic (exact) mass is 426 g/mol. The SMILES string of the molecule is O=C(c1ccc(Cl)c(S(=O)(=O)N2CCOCC2)c1)N1CCCC2CCCCC21. The van der Waals surface area contributed by atoms with Gasteiger partial charge in [-0.3, -0.25) is 4.79 Å². The van der Waals surface area contributed by atoms with Crippen molar-refractivity contribution in [2.45, 2.75) is 49.5 Å². The average molecular weight is 427 g/mol. The first-order valence-corrected chi connectivity index (χ1v) is 12.0. The molecule has 1 aliphatic carbocycles. The molecule has 3 fully saturated rings. The predicted molar refractivity (Wildman–Crippen MR) is 107 cm³/mol. The third-order valence-corrected chi connectivity index (χ3v) is 8.65. The second kappa shape index (κ2) is 8.30. The fourth-order valence-electron chi connectivity index (χ4n) is 4.80.